The molecule has 1 aromatic carbocycles. The molecular weight excluding hydrogens is 428 g/mol. The Bertz CT molecular complexity index is 1270. The summed E-state index contributed by atoms with van der Waals surface area (Å²) in [7, 11) is 0. The van der Waals surface area contributed by atoms with Gasteiger partial charge in [-0.3, -0.25) is 4.90 Å². The lowest BCUT2D eigenvalue weighted by atomic mass is 9.86. The molecule has 2 aliphatic rings. The summed E-state index contributed by atoms with van der Waals surface area (Å²) < 4.78 is 25.7. The monoisotopic (exact) mass is 453 g/mol. The Morgan fingerprint density at radius 3 is 2.91 bits per heavy atom. The summed E-state index contributed by atoms with van der Waals surface area (Å²) in [6.07, 6.45) is 3.33. The van der Waals surface area contributed by atoms with Crippen LogP contribution < -0.4 is 4.90 Å². The van der Waals surface area contributed by atoms with E-state index in [1.165, 1.54) is 34.2 Å². The number of halogens is 2. The molecule has 0 aliphatic carbocycles. The lowest BCUT2D eigenvalue weighted by Crippen LogP contribution is -2.31. The Balaban J connectivity index is 1.17. The standard InChI is InChI=1S/C24H25F2N5S/c25-21(26)11-18-10-19-22(28-15-29-23(19)32-18)31-8-5-24(14-31)4-7-30(13-24)12-16-1-2-17-3-6-27-20(17)9-16/h1-3,6,9-10,15,21,27H,4-5,7-8,11-14H2. The molecule has 3 aromatic heterocycles. The summed E-state index contributed by atoms with van der Waals surface area (Å²) in [5, 5.41) is 2.17. The topological polar surface area (TPSA) is 48.0 Å². The molecule has 6 rings (SSSR count). The van der Waals surface area contributed by atoms with Gasteiger partial charge in [0.25, 0.3) is 0 Å². The van der Waals surface area contributed by atoms with Gasteiger partial charge in [-0.15, -0.1) is 11.3 Å². The normalized spacial score (nSPS) is 21.8. The average molecular weight is 454 g/mol. The van der Waals surface area contributed by atoms with E-state index in [-0.39, 0.29) is 11.8 Å². The molecule has 4 aromatic rings. The van der Waals surface area contributed by atoms with Crippen molar-refractivity contribution in [3.63, 3.8) is 0 Å². The molecule has 1 atom stereocenters. The van der Waals surface area contributed by atoms with E-state index in [0.29, 0.717) is 4.88 Å². The number of hydrogen-bond acceptors (Lipinski definition) is 5. The molecule has 5 nitrogen and oxygen atoms in total. The van der Waals surface area contributed by atoms with Crippen LogP contribution in [0.2, 0.25) is 0 Å². The largest absolute Gasteiger partial charge is 0.361 e. The zero-order valence-electron chi connectivity index (χ0n) is 17.7. The quantitative estimate of drug-likeness (QED) is 0.458. The van der Waals surface area contributed by atoms with Gasteiger partial charge in [0.2, 0.25) is 6.43 Å². The first-order chi connectivity index (χ1) is 15.6. The first-order valence-electron chi connectivity index (χ1n) is 11.1. The van der Waals surface area contributed by atoms with E-state index in [1.807, 2.05) is 12.3 Å². The van der Waals surface area contributed by atoms with E-state index in [4.69, 9.17) is 0 Å². The van der Waals surface area contributed by atoms with Gasteiger partial charge in [0.1, 0.15) is 17.0 Å². The molecule has 0 saturated carbocycles. The van der Waals surface area contributed by atoms with Crippen molar-refractivity contribution in [1.29, 1.82) is 0 Å². The fraction of sp³-hybridized carbons (Fsp3) is 0.417. The summed E-state index contributed by atoms with van der Waals surface area (Å²) in [5.74, 6) is 0.902. The Morgan fingerprint density at radius 1 is 1.09 bits per heavy atom. The number of hydrogen-bond donors (Lipinski definition) is 1. The van der Waals surface area contributed by atoms with Gasteiger partial charge in [0.15, 0.2) is 0 Å². The second-order valence-corrected chi connectivity index (χ2v) is 10.4. The Morgan fingerprint density at radius 2 is 2.00 bits per heavy atom. The van der Waals surface area contributed by atoms with E-state index in [0.717, 1.165) is 55.2 Å². The zero-order valence-corrected chi connectivity index (χ0v) is 18.5. The number of alkyl halides is 2. The van der Waals surface area contributed by atoms with Gasteiger partial charge in [0, 0.05) is 54.6 Å². The SMILES string of the molecule is FC(F)Cc1cc2c(N3CCC4(CCN(Cc5ccc6cc[nH]c6c5)C4)C3)ncnc2s1. The van der Waals surface area contributed by atoms with Crippen molar-refractivity contribution in [2.45, 2.75) is 32.2 Å². The van der Waals surface area contributed by atoms with Crippen LogP contribution in [0.3, 0.4) is 0 Å². The first kappa shape index (κ1) is 20.1. The number of nitrogens with one attached hydrogen (secondary N) is 1. The molecule has 5 heterocycles. The fourth-order valence-electron chi connectivity index (χ4n) is 5.46. The summed E-state index contributed by atoms with van der Waals surface area (Å²) >= 11 is 1.36. The summed E-state index contributed by atoms with van der Waals surface area (Å²) in [6.45, 7) is 5.07. The minimum absolute atomic E-state index is 0.215. The molecule has 166 valence electrons. The number of thiophene rings is 1. The highest BCUT2D eigenvalue weighted by molar-refractivity contribution is 7.18. The number of aromatic amines is 1. The van der Waals surface area contributed by atoms with Gasteiger partial charge in [-0.2, -0.15) is 0 Å². The van der Waals surface area contributed by atoms with Crippen LogP contribution in [0.5, 0.6) is 0 Å². The fourth-order valence-corrected chi connectivity index (χ4v) is 6.46. The number of H-pyrrole nitrogens is 1. The van der Waals surface area contributed by atoms with Crippen molar-refractivity contribution in [3.05, 3.63) is 53.3 Å². The highest BCUT2D eigenvalue weighted by Crippen LogP contribution is 2.43. The molecule has 0 amide bonds. The molecule has 32 heavy (non-hydrogen) atoms. The minimum Gasteiger partial charge on any atom is -0.361 e. The molecule has 2 fully saturated rings. The third-order valence-corrected chi connectivity index (χ3v) is 8.06. The van der Waals surface area contributed by atoms with E-state index >= 15 is 0 Å². The van der Waals surface area contributed by atoms with Crippen LogP contribution in [-0.4, -0.2) is 52.5 Å². The summed E-state index contributed by atoms with van der Waals surface area (Å²) in [5.41, 5.74) is 2.81. The van der Waals surface area contributed by atoms with Crippen molar-refractivity contribution in [2.75, 3.05) is 31.1 Å². The summed E-state index contributed by atoms with van der Waals surface area (Å²) in [4.78, 5) is 18.6. The highest BCUT2D eigenvalue weighted by Gasteiger charge is 2.44. The van der Waals surface area contributed by atoms with Crippen LogP contribution in [0.25, 0.3) is 21.1 Å². The molecule has 0 radical (unpaired) electrons. The number of nitrogens with zero attached hydrogens (tertiary/aromatic N) is 4. The third kappa shape index (κ3) is 3.65. The third-order valence-electron chi connectivity index (χ3n) is 7.00. The van der Waals surface area contributed by atoms with Gasteiger partial charge in [-0.1, -0.05) is 12.1 Å². The molecule has 2 saturated heterocycles. The number of rotatable bonds is 5. The zero-order chi connectivity index (χ0) is 21.7. The Labute approximate surface area is 189 Å². The van der Waals surface area contributed by atoms with Gasteiger partial charge >= 0.3 is 0 Å². The minimum atomic E-state index is -2.34. The molecule has 8 heteroatoms. The van der Waals surface area contributed by atoms with E-state index < -0.39 is 6.43 Å². The van der Waals surface area contributed by atoms with Crippen LogP contribution in [0.4, 0.5) is 14.6 Å². The lowest BCUT2D eigenvalue weighted by molar-refractivity contribution is 0.150. The predicted molar refractivity (Wildman–Crippen MR) is 125 cm³/mol. The molecule has 1 unspecified atom stereocenters. The van der Waals surface area contributed by atoms with E-state index in [2.05, 4.69) is 49.0 Å². The van der Waals surface area contributed by atoms with E-state index in [1.54, 1.807) is 6.33 Å². The molecule has 2 aliphatic heterocycles. The number of anilines is 1. The second-order valence-electron chi connectivity index (χ2n) is 9.26. The molecule has 1 spiro atoms. The predicted octanol–water partition coefficient (Wildman–Crippen LogP) is 5.08. The Kier molecular flexibility index (Phi) is 4.87. The van der Waals surface area contributed by atoms with Crippen LogP contribution in [0.15, 0.2) is 42.9 Å². The lowest BCUT2D eigenvalue weighted by Gasteiger charge is -2.25. The van der Waals surface area contributed by atoms with Crippen molar-refractivity contribution >= 4 is 38.3 Å². The van der Waals surface area contributed by atoms with Crippen LogP contribution in [0, 0.1) is 5.41 Å². The van der Waals surface area contributed by atoms with Crippen molar-refractivity contribution in [1.82, 2.24) is 19.9 Å². The van der Waals surface area contributed by atoms with Gasteiger partial charge in [0.05, 0.1) is 5.39 Å². The van der Waals surface area contributed by atoms with Crippen molar-refractivity contribution in [2.24, 2.45) is 5.41 Å². The highest BCUT2D eigenvalue weighted by atomic mass is 32.1. The number of aromatic nitrogens is 3. The first-order valence-corrected chi connectivity index (χ1v) is 11.9. The number of fused-ring (bicyclic) bond motifs is 2. The van der Waals surface area contributed by atoms with Gasteiger partial charge in [-0.05, 0) is 48.5 Å². The van der Waals surface area contributed by atoms with Gasteiger partial charge < -0.3 is 9.88 Å². The molecular formula is C24H25F2N5S. The maximum absolute atomic E-state index is 12.9. The van der Waals surface area contributed by atoms with Crippen LogP contribution in [-0.2, 0) is 13.0 Å². The molecule has 1 N–H and O–H groups in total. The maximum Gasteiger partial charge on any atom is 0.243 e. The summed E-state index contributed by atoms with van der Waals surface area (Å²) in [6, 6.07) is 10.6. The maximum atomic E-state index is 12.9. The van der Waals surface area contributed by atoms with Crippen molar-refractivity contribution in [3.8, 4) is 0 Å². The van der Waals surface area contributed by atoms with Gasteiger partial charge in [-0.25, -0.2) is 18.7 Å². The second kappa shape index (κ2) is 7.78. The van der Waals surface area contributed by atoms with Crippen LogP contribution >= 0.6 is 11.3 Å². The van der Waals surface area contributed by atoms with Crippen molar-refractivity contribution < 1.29 is 8.78 Å². The smallest absolute Gasteiger partial charge is 0.243 e. The average Bonchev–Trinajstić information content (AvgIpc) is 3.54. The van der Waals surface area contributed by atoms with E-state index in [9.17, 15) is 8.78 Å². The Hall–Kier alpha value is -2.58. The number of likely N-dealkylation sites (tertiary alicyclic amines) is 1. The molecule has 0 bridgehead atoms. The van der Waals surface area contributed by atoms with Crippen LogP contribution in [0.1, 0.15) is 23.3 Å². The number of benzene rings is 1.